The van der Waals surface area contributed by atoms with E-state index in [0.717, 1.165) is 29.8 Å². The van der Waals surface area contributed by atoms with Crippen LogP contribution in [0.3, 0.4) is 0 Å². The second-order valence-electron chi connectivity index (χ2n) is 5.88. The number of anilines is 1. The Kier molecular flexibility index (Phi) is 6.37. The Balaban J connectivity index is 1.41. The number of nitrogens with one attached hydrogen (secondary N) is 1. The van der Waals surface area contributed by atoms with Crippen LogP contribution in [0.25, 0.3) is 0 Å². The van der Waals surface area contributed by atoms with Gasteiger partial charge in [0, 0.05) is 0 Å². The number of rotatable bonds is 8. The summed E-state index contributed by atoms with van der Waals surface area (Å²) < 4.78 is 18.6. The first kappa shape index (κ1) is 17.7. The van der Waals surface area contributed by atoms with E-state index in [0.29, 0.717) is 6.61 Å². The predicted molar refractivity (Wildman–Crippen MR) is 104 cm³/mol. The van der Waals surface area contributed by atoms with Crippen molar-refractivity contribution in [2.45, 2.75) is 12.8 Å². The zero-order chi connectivity index (χ0) is 18.0. The van der Waals surface area contributed by atoms with Crippen LogP contribution in [0.4, 0.5) is 10.1 Å². The highest BCUT2D eigenvalue weighted by Crippen LogP contribution is 2.13. The number of hydrogen-bond donors (Lipinski definition) is 1. The molecule has 3 aromatic carbocycles. The SMILES string of the molecule is Fc1ccc(N/N=C/c2ccc(OCCCc3ccccc3)cc2)cc1. The molecule has 0 amide bonds. The molecule has 132 valence electrons. The molecule has 3 nitrogen and oxygen atoms in total. The van der Waals surface area contributed by atoms with Gasteiger partial charge in [-0.15, -0.1) is 0 Å². The fourth-order valence-corrected chi connectivity index (χ4v) is 2.47. The molecule has 0 radical (unpaired) electrons. The lowest BCUT2D eigenvalue weighted by Gasteiger charge is -2.06. The normalized spacial score (nSPS) is 10.8. The molecule has 0 aliphatic heterocycles. The van der Waals surface area contributed by atoms with Gasteiger partial charge in [0.2, 0.25) is 0 Å². The van der Waals surface area contributed by atoms with Gasteiger partial charge in [0.25, 0.3) is 0 Å². The number of halogens is 1. The highest BCUT2D eigenvalue weighted by molar-refractivity contribution is 5.80. The van der Waals surface area contributed by atoms with Crippen molar-refractivity contribution < 1.29 is 9.13 Å². The largest absolute Gasteiger partial charge is 0.494 e. The fraction of sp³-hybridized carbons (Fsp3) is 0.136. The summed E-state index contributed by atoms with van der Waals surface area (Å²) in [6.07, 6.45) is 3.71. The molecule has 0 aliphatic carbocycles. The first-order valence-electron chi connectivity index (χ1n) is 8.61. The number of aryl methyl sites for hydroxylation is 1. The maximum absolute atomic E-state index is 12.8. The molecular weight excluding hydrogens is 327 g/mol. The lowest BCUT2D eigenvalue weighted by Crippen LogP contribution is -1.99. The highest BCUT2D eigenvalue weighted by Gasteiger charge is 1.96. The summed E-state index contributed by atoms with van der Waals surface area (Å²) in [5.74, 6) is 0.584. The van der Waals surface area contributed by atoms with Crippen LogP contribution in [0, 0.1) is 5.82 Å². The third-order valence-electron chi connectivity index (χ3n) is 3.85. The van der Waals surface area contributed by atoms with E-state index >= 15 is 0 Å². The van der Waals surface area contributed by atoms with Gasteiger partial charge in [0.1, 0.15) is 11.6 Å². The van der Waals surface area contributed by atoms with Gasteiger partial charge in [-0.05, 0) is 72.5 Å². The van der Waals surface area contributed by atoms with E-state index < -0.39 is 0 Å². The number of hydrazone groups is 1. The van der Waals surface area contributed by atoms with Gasteiger partial charge >= 0.3 is 0 Å². The van der Waals surface area contributed by atoms with E-state index in [4.69, 9.17) is 4.74 Å². The lowest BCUT2D eigenvalue weighted by atomic mass is 10.1. The van der Waals surface area contributed by atoms with E-state index in [-0.39, 0.29) is 5.82 Å². The van der Waals surface area contributed by atoms with E-state index in [1.165, 1.54) is 17.7 Å². The molecule has 0 spiro atoms. The summed E-state index contributed by atoms with van der Waals surface area (Å²) in [6, 6.07) is 24.2. The summed E-state index contributed by atoms with van der Waals surface area (Å²) >= 11 is 0. The zero-order valence-electron chi connectivity index (χ0n) is 14.4. The average Bonchev–Trinajstić information content (AvgIpc) is 2.69. The van der Waals surface area contributed by atoms with Crippen LogP contribution in [-0.2, 0) is 6.42 Å². The Labute approximate surface area is 153 Å². The minimum Gasteiger partial charge on any atom is -0.494 e. The van der Waals surface area contributed by atoms with Crippen LogP contribution in [0.5, 0.6) is 5.75 Å². The van der Waals surface area contributed by atoms with Crippen LogP contribution in [-0.4, -0.2) is 12.8 Å². The van der Waals surface area contributed by atoms with Crippen LogP contribution < -0.4 is 10.2 Å². The molecule has 0 heterocycles. The Bertz CT molecular complexity index is 815. The number of benzene rings is 3. The minimum absolute atomic E-state index is 0.265. The Hall–Kier alpha value is -3.14. The van der Waals surface area contributed by atoms with Gasteiger partial charge in [-0.2, -0.15) is 5.10 Å². The molecule has 3 rings (SSSR count). The molecule has 0 saturated carbocycles. The van der Waals surface area contributed by atoms with E-state index in [1.54, 1.807) is 18.3 Å². The van der Waals surface area contributed by atoms with Crippen molar-refractivity contribution in [2.24, 2.45) is 5.10 Å². The Morgan fingerprint density at radius 2 is 1.62 bits per heavy atom. The van der Waals surface area contributed by atoms with Crippen LogP contribution in [0.1, 0.15) is 17.5 Å². The quantitative estimate of drug-likeness (QED) is 0.341. The third kappa shape index (κ3) is 5.74. The first-order valence-corrected chi connectivity index (χ1v) is 8.61. The average molecular weight is 348 g/mol. The second-order valence-corrected chi connectivity index (χ2v) is 5.88. The van der Waals surface area contributed by atoms with Crippen LogP contribution in [0.2, 0.25) is 0 Å². The van der Waals surface area contributed by atoms with Gasteiger partial charge in [0.05, 0.1) is 18.5 Å². The van der Waals surface area contributed by atoms with Gasteiger partial charge in [-0.25, -0.2) is 4.39 Å². The maximum Gasteiger partial charge on any atom is 0.123 e. The summed E-state index contributed by atoms with van der Waals surface area (Å²) in [6.45, 7) is 0.689. The van der Waals surface area contributed by atoms with E-state index in [1.807, 2.05) is 30.3 Å². The molecule has 26 heavy (non-hydrogen) atoms. The fourth-order valence-electron chi connectivity index (χ4n) is 2.47. The Morgan fingerprint density at radius 1 is 0.885 bits per heavy atom. The zero-order valence-corrected chi connectivity index (χ0v) is 14.4. The number of nitrogens with zero attached hydrogens (tertiary/aromatic N) is 1. The summed E-state index contributed by atoms with van der Waals surface area (Å²) in [5.41, 5.74) is 5.89. The summed E-state index contributed by atoms with van der Waals surface area (Å²) in [7, 11) is 0. The third-order valence-corrected chi connectivity index (χ3v) is 3.85. The van der Waals surface area contributed by atoms with Crippen molar-refractivity contribution >= 4 is 11.9 Å². The van der Waals surface area contributed by atoms with Gasteiger partial charge in [-0.3, -0.25) is 5.43 Å². The van der Waals surface area contributed by atoms with Crippen molar-refractivity contribution in [3.05, 3.63) is 95.8 Å². The number of ether oxygens (including phenoxy) is 1. The predicted octanol–water partition coefficient (Wildman–Crippen LogP) is 5.28. The number of hydrogen-bond acceptors (Lipinski definition) is 3. The van der Waals surface area contributed by atoms with E-state index in [2.05, 4.69) is 34.8 Å². The molecule has 1 N–H and O–H groups in total. The Morgan fingerprint density at radius 3 is 2.35 bits per heavy atom. The van der Waals surface area contributed by atoms with Crippen molar-refractivity contribution in [3.8, 4) is 5.75 Å². The minimum atomic E-state index is -0.265. The second kappa shape index (κ2) is 9.37. The smallest absolute Gasteiger partial charge is 0.123 e. The molecule has 0 aliphatic rings. The van der Waals surface area contributed by atoms with Crippen LogP contribution in [0.15, 0.2) is 84.0 Å². The topological polar surface area (TPSA) is 33.6 Å². The first-order chi connectivity index (χ1) is 12.8. The molecule has 0 unspecified atom stereocenters. The summed E-state index contributed by atoms with van der Waals surface area (Å²) in [4.78, 5) is 0. The molecule has 0 saturated heterocycles. The molecule has 0 atom stereocenters. The maximum atomic E-state index is 12.8. The van der Waals surface area contributed by atoms with Crippen molar-refractivity contribution in [3.63, 3.8) is 0 Å². The highest BCUT2D eigenvalue weighted by atomic mass is 19.1. The molecule has 0 aromatic heterocycles. The van der Waals surface area contributed by atoms with Gasteiger partial charge < -0.3 is 4.74 Å². The van der Waals surface area contributed by atoms with E-state index in [9.17, 15) is 4.39 Å². The van der Waals surface area contributed by atoms with Crippen molar-refractivity contribution in [1.29, 1.82) is 0 Å². The molecule has 0 bridgehead atoms. The van der Waals surface area contributed by atoms with Gasteiger partial charge in [0.15, 0.2) is 0 Å². The molecular formula is C22H21FN2O. The van der Waals surface area contributed by atoms with Crippen molar-refractivity contribution in [1.82, 2.24) is 0 Å². The monoisotopic (exact) mass is 348 g/mol. The van der Waals surface area contributed by atoms with Gasteiger partial charge in [-0.1, -0.05) is 30.3 Å². The van der Waals surface area contributed by atoms with Crippen molar-refractivity contribution in [2.75, 3.05) is 12.0 Å². The molecule has 4 heteroatoms. The van der Waals surface area contributed by atoms with Crippen LogP contribution >= 0.6 is 0 Å². The summed E-state index contributed by atoms with van der Waals surface area (Å²) in [5, 5.41) is 4.14. The standard InChI is InChI=1S/C22H21FN2O/c23-20-10-12-21(13-11-20)25-24-17-19-8-14-22(15-9-19)26-16-4-7-18-5-2-1-3-6-18/h1-3,5-6,8-15,17,25H,4,7,16H2/b24-17+. The lowest BCUT2D eigenvalue weighted by molar-refractivity contribution is 0.311. The molecule has 0 fully saturated rings. The molecule has 3 aromatic rings.